The van der Waals surface area contributed by atoms with Gasteiger partial charge in [0.15, 0.2) is 5.71 Å². The number of carbonyl (C=O) groups excluding carboxylic acids is 1. The Kier molecular flexibility index (Phi) is 10.1. The van der Waals surface area contributed by atoms with E-state index in [2.05, 4.69) is 15.5 Å². The summed E-state index contributed by atoms with van der Waals surface area (Å²) in [4.78, 5) is 21.5. The number of hydrogen-bond donors (Lipinski definition) is 2. The molecule has 0 aliphatic rings. The van der Waals surface area contributed by atoms with Crippen LogP contribution in [0.5, 0.6) is 5.88 Å². The van der Waals surface area contributed by atoms with Crippen LogP contribution in [0.2, 0.25) is 5.02 Å². The van der Waals surface area contributed by atoms with Crippen LogP contribution in [0.1, 0.15) is 27.8 Å². The van der Waals surface area contributed by atoms with Crippen LogP contribution in [-0.4, -0.2) is 50.9 Å². The van der Waals surface area contributed by atoms with Crippen LogP contribution >= 0.6 is 11.6 Å². The number of aryl methyl sites for hydroxylation is 1. The van der Waals surface area contributed by atoms with Crippen molar-refractivity contribution in [3.8, 4) is 5.88 Å². The highest BCUT2D eigenvalue weighted by molar-refractivity contribution is 7.86. The molecule has 1 heterocycles. The molecule has 2 N–H and O–H groups in total. The maximum Gasteiger partial charge on any atom is 0.297 e. The van der Waals surface area contributed by atoms with Crippen molar-refractivity contribution in [3.63, 3.8) is 0 Å². The zero-order valence-electron chi connectivity index (χ0n) is 23.7. The van der Waals surface area contributed by atoms with Gasteiger partial charge in [0.2, 0.25) is 5.88 Å². The van der Waals surface area contributed by atoms with Gasteiger partial charge in [0, 0.05) is 24.4 Å². The molecule has 0 radical (unpaired) electrons. The number of amides is 1. The fourth-order valence-electron chi connectivity index (χ4n) is 4.19. The molecule has 1 amide bonds. The SMILES string of the molecule is CNC(=O)/C(=N/OC)c1ccccc1COc1ncc(C(O)(COS(=O)(=O)c2ccc(C)cc2)c2ccccc2)cc1Cl. The summed E-state index contributed by atoms with van der Waals surface area (Å²) in [7, 11) is -1.37. The van der Waals surface area contributed by atoms with Gasteiger partial charge in [-0.05, 0) is 36.2 Å². The molecule has 1 atom stereocenters. The van der Waals surface area contributed by atoms with E-state index in [0.717, 1.165) is 5.56 Å². The Labute approximate surface area is 255 Å². The van der Waals surface area contributed by atoms with Gasteiger partial charge in [-0.25, -0.2) is 4.98 Å². The molecule has 3 aromatic carbocycles. The maximum absolute atomic E-state index is 12.9. The van der Waals surface area contributed by atoms with Gasteiger partial charge in [-0.3, -0.25) is 8.98 Å². The minimum absolute atomic E-state index is 0.0250. The molecule has 0 spiro atoms. The number of nitrogens with zero attached hydrogens (tertiary/aromatic N) is 2. The molecule has 224 valence electrons. The average molecular weight is 624 g/mol. The van der Waals surface area contributed by atoms with Crippen molar-refractivity contribution in [1.82, 2.24) is 10.3 Å². The van der Waals surface area contributed by atoms with Gasteiger partial charge < -0.3 is 20.0 Å². The highest BCUT2D eigenvalue weighted by atomic mass is 35.5. The Hall–Kier alpha value is -4.29. The molecule has 0 fully saturated rings. The van der Waals surface area contributed by atoms with Gasteiger partial charge in [0.05, 0.1) is 4.90 Å². The third kappa shape index (κ3) is 7.38. The first-order valence-electron chi connectivity index (χ1n) is 13.0. The molecule has 0 saturated carbocycles. The number of pyridine rings is 1. The largest absolute Gasteiger partial charge is 0.472 e. The van der Waals surface area contributed by atoms with Gasteiger partial charge >= 0.3 is 0 Å². The van der Waals surface area contributed by atoms with E-state index in [9.17, 15) is 18.3 Å². The van der Waals surface area contributed by atoms with Crippen molar-refractivity contribution in [2.24, 2.45) is 5.16 Å². The molecule has 12 heteroatoms. The minimum Gasteiger partial charge on any atom is -0.472 e. The van der Waals surface area contributed by atoms with Crippen molar-refractivity contribution in [2.45, 2.75) is 24.0 Å². The number of nitrogens with one attached hydrogen (secondary N) is 1. The number of oxime groups is 1. The second kappa shape index (κ2) is 13.8. The monoisotopic (exact) mass is 623 g/mol. The van der Waals surface area contributed by atoms with E-state index in [4.69, 9.17) is 25.4 Å². The van der Waals surface area contributed by atoms with Crippen molar-refractivity contribution in [2.75, 3.05) is 20.8 Å². The van der Waals surface area contributed by atoms with Gasteiger partial charge in [0.1, 0.15) is 30.9 Å². The Balaban J connectivity index is 1.61. The summed E-state index contributed by atoms with van der Waals surface area (Å²) in [6.45, 7) is 1.18. The lowest BCUT2D eigenvalue weighted by Gasteiger charge is -2.29. The quantitative estimate of drug-likeness (QED) is 0.135. The van der Waals surface area contributed by atoms with Crippen molar-refractivity contribution in [1.29, 1.82) is 0 Å². The molecule has 0 aliphatic carbocycles. The summed E-state index contributed by atoms with van der Waals surface area (Å²) >= 11 is 6.55. The van der Waals surface area contributed by atoms with Crippen molar-refractivity contribution < 1.29 is 32.1 Å². The number of ether oxygens (including phenoxy) is 1. The second-order valence-corrected chi connectivity index (χ2v) is 11.4. The predicted octanol–water partition coefficient (Wildman–Crippen LogP) is 4.36. The number of aliphatic hydroxyl groups is 1. The second-order valence-electron chi connectivity index (χ2n) is 9.41. The lowest BCUT2D eigenvalue weighted by molar-refractivity contribution is -0.114. The molecular weight excluding hydrogens is 594 g/mol. The summed E-state index contributed by atoms with van der Waals surface area (Å²) in [6.07, 6.45) is 1.34. The van der Waals surface area contributed by atoms with Crippen LogP contribution in [-0.2, 0) is 36.1 Å². The summed E-state index contributed by atoms with van der Waals surface area (Å²) < 4.78 is 37.1. The van der Waals surface area contributed by atoms with Gasteiger partial charge in [-0.2, -0.15) is 8.42 Å². The van der Waals surface area contributed by atoms with E-state index < -0.39 is 28.2 Å². The lowest BCUT2D eigenvalue weighted by atomic mass is 9.88. The molecule has 4 aromatic rings. The molecule has 43 heavy (non-hydrogen) atoms. The highest BCUT2D eigenvalue weighted by Crippen LogP contribution is 2.35. The Morgan fingerprint density at radius 2 is 1.70 bits per heavy atom. The van der Waals surface area contributed by atoms with Crippen LogP contribution < -0.4 is 10.1 Å². The number of carbonyl (C=O) groups is 1. The maximum atomic E-state index is 12.9. The number of likely N-dealkylation sites (N-methyl/N-ethyl adjacent to an activating group) is 1. The first kappa shape index (κ1) is 31.6. The van der Waals surface area contributed by atoms with Crippen LogP contribution in [0, 0.1) is 6.92 Å². The number of rotatable bonds is 12. The minimum atomic E-state index is -4.19. The Morgan fingerprint density at radius 3 is 2.35 bits per heavy atom. The fraction of sp³-hybridized carbons (Fsp3) is 0.194. The van der Waals surface area contributed by atoms with Crippen molar-refractivity contribution in [3.05, 3.63) is 124 Å². The third-order valence-corrected chi connectivity index (χ3v) is 8.08. The van der Waals surface area contributed by atoms with E-state index >= 15 is 0 Å². The molecule has 1 aromatic heterocycles. The fourth-order valence-corrected chi connectivity index (χ4v) is 5.34. The molecule has 0 bridgehead atoms. The molecular formula is C31H30ClN3O7S. The number of benzene rings is 3. The van der Waals surface area contributed by atoms with Crippen LogP contribution in [0.4, 0.5) is 0 Å². The zero-order valence-corrected chi connectivity index (χ0v) is 25.2. The Morgan fingerprint density at radius 1 is 1.02 bits per heavy atom. The molecule has 4 rings (SSSR count). The topological polar surface area (TPSA) is 136 Å². The predicted molar refractivity (Wildman–Crippen MR) is 161 cm³/mol. The zero-order chi connectivity index (χ0) is 31.0. The molecule has 0 saturated heterocycles. The van der Waals surface area contributed by atoms with Crippen LogP contribution in [0.15, 0.2) is 101 Å². The van der Waals surface area contributed by atoms with E-state index in [1.165, 1.54) is 38.6 Å². The first-order chi connectivity index (χ1) is 20.6. The average Bonchev–Trinajstić information content (AvgIpc) is 3.02. The summed E-state index contributed by atoms with van der Waals surface area (Å²) in [5, 5.41) is 18.3. The number of aromatic nitrogens is 1. The lowest BCUT2D eigenvalue weighted by Crippen LogP contribution is -2.34. The van der Waals surface area contributed by atoms with Gasteiger partial charge in [0.25, 0.3) is 16.0 Å². The third-order valence-electron chi connectivity index (χ3n) is 6.53. The molecule has 0 aliphatic heterocycles. The standard InChI is InChI=1S/C31H30ClN3O7S/c1-21-13-15-25(16-14-21)43(38,39)42-20-31(37,23-10-5-4-6-11-23)24-17-27(32)30(34-18-24)41-19-22-9-7-8-12-26(22)28(35-40-3)29(36)33-2/h4-18,37H,19-20H2,1-3H3,(H,33,36)/b35-28+. The van der Waals surface area contributed by atoms with Crippen LogP contribution in [0.25, 0.3) is 0 Å². The summed E-state index contributed by atoms with van der Waals surface area (Å²) in [5.41, 5.74) is 0.674. The van der Waals surface area contributed by atoms with Gasteiger partial charge in [-0.1, -0.05) is 89.1 Å². The van der Waals surface area contributed by atoms with E-state index in [1.54, 1.807) is 66.7 Å². The molecule has 1 unspecified atom stereocenters. The van der Waals surface area contributed by atoms with E-state index in [-0.39, 0.29) is 33.7 Å². The summed E-state index contributed by atoms with van der Waals surface area (Å²) in [6, 6.07) is 23.1. The van der Waals surface area contributed by atoms with E-state index in [1.807, 2.05) is 6.92 Å². The number of hydrogen-bond acceptors (Lipinski definition) is 9. The Bertz CT molecular complexity index is 1720. The van der Waals surface area contributed by atoms with Gasteiger partial charge in [-0.15, -0.1) is 0 Å². The normalized spacial score (nSPS) is 13.2. The van der Waals surface area contributed by atoms with Crippen molar-refractivity contribution >= 4 is 33.3 Å². The van der Waals surface area contributed by atoms with E-state index in [0.29, 0.717) is 16.7 Å². The molecule has 10 nitrogen and oxygen atoms in total. The first-order valence-corrected chi connectivity index (χ1v) is 14.8. The smallest absolute Gasteiger partial charge is 0.297 e. The number of halogens is 1. The summed E-state index contributed by atoms with van der Waals surface area (Å²) in [5.74, 6) is -0.393. The highest BCUT2D eigenvalue weighted by Gasteiger charge is 2.35. The van der Waals surface area contributed by atoms with Crippen LogP contribution in [0.3, 0.4) is 0 Å².